The summed E-state index contributed by atoms with van der Waals surface area (Å²) in [5.74, 6) is -0.277. The highest BCUT2D eigenvalue weighted by Crippen LogP contribution is 2.23. The monoisotopic (exact) mass is 229 g/mol. The van der Waals surface area contributed by atoms with E-state index in [1.54, 1.807) is 7.11 Å². The van der Waals surface area contributed by atoms with Crippen molar-refractivity contribution in [1.82, 2.24) is 4.90 Å². The summed E-state index contributed by atoms with van der Waals surface area (Å²) in [6.07, 6.45) is 2.88. The first-order valence-electron chi connectivity index (χ1n) is 6.05. The molecular weight excluding hydrogens is 206 g/mol. The number of rotatable bonds is 5. The van der Waals surface area contributed by atoms with Crippen molar-refractivity contribution in [2.45, 2.75) is 45.2 Å². The molecule has 2 atom stereocenters. The largest absolute Gasteiger partial charge is 0.480 e. The average Bonchev–Trinajstić information content (AvgIpc) is 2.25. The van der Waals surface area contributed by atoms with Gasteiger partial charge in [-0.2, -0.15) is 0 Å². The molecule has 0 aromatic carbocycles. The van der Waals surface area contributed by atoms with E-state index < -0.39 is 5.97 Å². The van der Waals surface area contributed by atoms with Crippen LogP contribution in [0.5, 0.6) is 0 Å². The Bertz CT molecular complexity index is 230. The molecule has 1 N–H and O–H groups in total. The van der Waals surface area contributed by atoms with Gasteiger partial charge in [0.1, 0.15) is 6.04 Å². The molecule has 1 aliphatic rings. The Morgan fingerprint density at radius 1 is 1.50 bits per heavy atom. The Labute approximate surface area is 97.6 Å². The second-order valence-corrected chi connectivity index (χ2v) is 4.85. The molecule has 16 heavy (non-hydrogen) atoms. The number of carboxylic acid groups (broad SMARTS) is 1. The lowest BCUT2D eigenvalue weighted by Crippen LogP contribution is -2.53. The summed E-state index contributed by atoms with van der Waals surface area (Å²) in [4.78, 5) is 13.3. The maximum absolute atomic E-state index is 11.2. The Kier molecular flexibility index (Phi) is 5.22. The van der Waals surface area contributed by atoms with Gasteiger partial charge in [0.2, 0.25) is 0 Å². The molecule has 0 aromatic rings. The molecule has 0 bridgehead atoms. The fraction of sp³-hybridized carbons (Fsp3) is 0.917. The van der Waals surface area contributed by atoms with Gasteiger partial charge in [0.25, 0.3) is 0 Å². The molecule has 94 valence electrons. The van der Waals surface area contributed by atoms with Crippen LogP contribution in [0, 0.1) is 5.92 Å². The van der Waals surface area contributed by atoms with Crippen molar-refractivity contribution in [2.24, 2.45) is 5.92 Å². The summed E-state index contributed by atoms with van der Waals surface area (Å²) >= 11 is 0. The fourth-order valence-corrected chi connectivity index (χ4v) is 2.46. The molecule has 1 heterocycles. The maximum Gasteiger partial charge on any atom is 0.320 e. The van der Waals surface area contributed by atoms with Crippen LogP contribution >= 0.6 is 0 Å². The summed E-state index contributed by atoms with van der Waals surface area (Å²) in [5, 5.41) is 9.23. The van der Waals surface area contributed by atoms with E-state index in [2.05, 4.69) is 18.7 Å². The maximum atomic E-state index is 11.2. The van der Waals surface area contributed by atoms with Crippen molar-refractivity contribution in [3.05, 3.63) is 0 Å². The summed E-state index contributed by atoms with van der Waals surface area (Å²) < 4.78 is 5.21. The van der Waals surface area contributed by atoms with Crippen molar-refractivity contribution >= 4 is 5.97 Å². The number of hydrogen-bond acceptors (Lipinski definition) is 3. The highest BCUT2D eigenvalue weighted by atomic mass is 16.5. The molecule has 0 aliphatic carbocycles. The van der Waals surface area contributed by atoms with Crippen LogP contribution in [0.15, 0.2) is 0 Å². The van der Waals surface area contributed by atoms with Gasteiger partial charge in [-0.05, 0) is 25.3 Å². The van der Waals surface area contributed by atoms with E-state index in [9.17, 15) is 9.90 Å². The molecule has 0 saturated carbocycles. The molecule has 1 fully saturated rings. The zero-order chi connectivity index (χ0) is 12.1. The van der Waals surface area contributed by atoms with Gasteiger partial charge in [-0.1, -0.05) is 20.3 Å². The van der Waals surface area contributed by atoms with Crippen molar-refractivity contribution in [2.75, 3.05) is 20.3 Å². The molecule has 0 aromatic heterocycles. The number of ether oxygens (including phenoxy) is 1. The molecule has 1 aliphatic heterocycles. The van der Waals surface area contributed by atoms with Crippen LogP contribution in [-0.4, -0.2) is 48.3 Å². The quantitative estimate of drug-likeness (QED) is 0.778. The average molecular weight is 229 g/mol. The smallest absolute Gasteiger partial charge is 0.320 e. The van der Waals surface area contributed by atoms with Crippen molar-refractivity contribution < 1.29 is 14.6 Å². The number of carboxylic acids is 1. The molecule has 0 spiro atoms. The lowest BCUT2D eigenvalue weighted by atomic mass is 9.95. The number of carbonyl (C=O) groups is 1. The Morgan fingerprint density at radius 2 is 2.19 bits per heavy atom. The predicted octanol–water partition coefficient (Wildman–Crippen LogP) is 1.60. The van der Waals surface area contributed by atoms with Gasteiger partial charge < -0.3 is 9.84 Å². The first kappa shape index (κ1) is 13.5. The van der Waals surface area contributed by atoms with Crippen LogP contribution in [0.2, 0.25) is 0 Å². The number of nitrogens with zero attached hydrogens (tertiary/aromatic N) is 1. The van der Waals surface area contributed by atoms with Crippen LogP contribution in [0.3, 0.4) is 0 Å². The van der Waals surface area contributed by atoms with Gasteiger partial charge in [0.15, 0.2) is 0 Å². The third-order valence-electron chi connectivity index (χ3n) is 3.36. The summed E-state index contributed by atoms with van der Waals surface area (Å²) in [6, 6.07) is -0.109. The van der Waals surface area contributed by atoms with Gasteiger partial charge >= 0.3 is 5.97 Å². The molecule has 2 unspecified atom stereocenters. The number of aliphatic carboxylic acids is 1. The highest BCUT2D eigenvalue weighted by molar-refractivity contribution is 5.73. The zero-order valence-corrected chi connectivity index (χ0v) is 10.5. The van der Waals surface area contributed by atoms with Gasteiger partial charge in [0, 0.05) is 13.2 Å². The first-order valence-corrected chi connectivity index (χ1v) is 6.05. The van der Waals surface area contributed by atoms with Crippen LogP contribution in [-0.2, 0) is 9.53 Å². The van der Waals surface area contributed by atoms with Crippen molar-refractivity contribution in [3.8, 4) is 0 Å². The third-order valence-corrected chi connectivity index (χ3v) is 3.36. The van der Waals surface area contributed by atoms with E-state index in [0.717, 1.165) is 25.8 Å². The molecule has 4 nitrogen and oxygen atoms in total. The van der Waals surface area contributed by atoms with Crippen LogP contribution in [0.1, 0.15) is 33.1 Å². The van der Waals surface area contributed by atoms with E-state index in [4.69, 9.17) is 4.74 Å². The summed E-state index contributed by atoms with van der Waals surface area (Å²) in [5.41, 5.74) is 0. The minimum Gasteiger partial charge on any atom is -0.480 e. The van der Waals surface area contributed by atoms with Gasteiger partial charge in [-0.25, -0.2) is 0 Å². The Hall–Kier alpha value is -0.610. The SMILES string of the molecule is COCC(C(C)C)N1CCCCC1C(=O)O. The lowest BCUT2D eigenvalue weighted by Gasteiger charge is -2.40. The molecular formula is C12H23NO3. The van der Waals surface area contributed by atoms with Gasteiger partial charge in [0.05, 0.1) is 6.61 Å². The van der Waals surface area contributed by atoms with Crippen LogP contribution in [0.4, 0.5) is 0 Å². The van der Waals surface area contributed by atoms with Crippen molar-refractivity contribution in [3.63, 3.8) is 0 Å². The first-order chi connectivity index (χ1) is 7.57. The van der Waals surface area contributed by atoms with Gasteiger partial charge in [-0.3, -0.25) is 9.69 Å². The summed E-state index contributed by atoms with van der Waals surface area (Å²) in [7, 11) is 1.68. The molecule has 1 rings (SSSR count). The lowest BCUT2D eigenvalue weighted by molar-refractivity contribution is -0.147. The molecule has 1 saturated heterocycles. The topological polar surface area (TPSA) is 49.8 Å². The second kappa shape index (κ2) is 6.21. The van der Waals surface area contributed by atoms with E-state index in [0.29, 0.717) is 12.5 Å². The minimum atomic E-state index is -0.693. The van der Waals surface area contributed by atoms with E-state index >= 15 is 0 Å². The second-order valence-electron chi connectivity index (χ2n) is 4.85. The van der Waals surface area contributed by atoms with Crippen LogP contribution in [0.25, 0.3) is 0 Å². The number of piperidine rings is 1. The fourth-order valence-electron chi connectivity index (χ4n) is 2.46. The molecule has 4 heteroatoms. The summed E-state index contributed by atoms with van der Waals surface area (Å²) in [6.45, 7) is 5.74. The number of likely N-dealkylation sites (tertiary alicyclic amines) is 1. The number of methoxy groups -OCH3 is 1. The Morgan fingerprint density at radius 3 is 2.69 bits per heavy atom. The molecule has 0 radical (unpaired) electrons. The van der Waals surface area contributed by atoms with E-state index in [1.165, 1.54) is 0 Å². The Balaban J connectivity index is 2.74. The minimum absolute atomic E-state index is 0.214. The highest BCUT2D eigenvalue weighted by Gasteiger charge is 2.34. The van der Waals surface area contributed by atoms with Crippen molar-refractivity contribution in [1.29, 1.82) is 0 Å². The van der Waals surface area contributed by atoms with Crippen LogP contribution < -0.4 is 0 Å². The molecule has 0 amide bonds. The van der Waals surface area contributed by atoms with E-state index in [-0.39, 0.29) is 12.1 Å². The number of hydrogen-bond donors (Lipinski definition) is 1. The third kappa shape index (κ3) is 3.19. The predicted molar refractivity (Wildman–Crippen MR) is 62.5 cm³/mol. The van der Waals surface area contributed by atoms with E-state index in [1.807, 2.05) is 0 Å². The normalized spacial score (nSPS) is 24.6. The zero-order valence-electron chi connectivity index (χ0n) is 10.5. The van der Waals surface area contributed by atoms with Gasteiger partial charge in [-0.15, -0.1) is 0 Å². The standard InChI is InChI=1S/C12H23NO3/c1-9(2)11(8-16-3)13-7-5-4-6-10(13)12(14)15/h9-11H,4-8H2,1-3H3,(H,14,15).